The van der Waals surface area contributed by atoms with Gasteiger partial charge in [0.1, 0.15) is 11.4 Å². The van der Waals surface area contributed by atoms with E-state index in [2.05, 4.69) is 15.4 Å². The number of pyridine rings is 2. The van der Waals surface area contributed by atoms with Crippen LogP contribution < -0.4 is 5.32 Å². The second-order valence-corrected chi connectivity index (χ2v) is 6.30. The van der Waals surface area contributed by atoms with Crippen LogP contribution >= 0.6 is 0 Å². The Bertz CT molecular complexity index is 940. The lowest BCUT2D eigenvalue weighted by Crippen LogP contribution is -2.37. The van der Waals surface area contributed by atoms with E-state index in [-0.39, 0.29) is 11.5 Å². The highest BCUT2D eigenvalue weighted by Crippen LogP contribution is 2.43. The van der Waals surface area contributed by atoms with E-state index < -0.39 is 0 Å². The zero-order chi connectivity index (χ0) is 17.4. The summed E-state index contributed by atoms with van der Waals surface area (Å²) in [4.78, 5) is 20.3. The van der Waals surface area contributed by atoms with E-state index in [1.165, 1.54) is 6.92 Å². The summed E-state index contributed by atoms with van der Waals surface area (Å²) in [5.41, 5.74) is 1.49. The van der Waals surface area contributed by atoms with Crippen LogP contribution in [0.2, 0.25) is 0 Å². The van der Waals surface area contributed by atoms with Gasteiger partial charge in [0.2, 0.25) is 5.91 Å². The van der Waals surface area contributed by atoms with Gasteiger partial charge < -0.3 is 10.1 Å². The van der Waals surface area contributed by atoms with Crippen molar-refractivity contribution in [2.45, 2.75) is 31.8 Å². The van der Waals surface area contributed by atoms with Crippen molar-refractivity contribution in [2.24, 2.45) is 0 Å². The Labute approximate surface area is 145 Å². The first-order valence-corrected chi connectivity index (χ1v) is 8.26. The van der Waals surface area contributed by atoms with E-state index >= 15 is 0 Å². The molecule has 0 bridgehead atoms. The third kappa shape index (κ3) is 2.66. The number of nitrogens with one attached hydrogen (secondary N) is 1. The van der Waals surface area contributed by atoms with Gasteiger partial charge in [0.05, 0.1) is 17.4 Å². The van der Waals surface area contributed by atoms with Gasteiger partial charge in [-0.15, -0.1) is 0 Å². The molecular formula is C18H19N5O2. The molecule has 7 nitrogen and oxygen atoms in total. The number of fused-ring (bicyclic) bond motifs is 1. The Hall–Kier alpha value is -2.80. The molecule has 0 radical (unpaired) electrons. The van der Waals surface area contributed by atoms with Crippen molar-refractivity contribution < 1.29 is 9.53 Å². The summed E-state index contributed by atoms with van der Waals surface area (Å²) in [7, 11) is 1.74. The van der Waals surface area contributed by atoms with Crippen LogP contribution in [-0.2, 0) is 15.1 Å². The van der Waals surface area contributed by atoms with Crippen LogP contribution in [0.3, 0.4) is 0 Å². The van der Waals surface area contributed by atoms with Crippen LogP contribution in [-0.4, -0.2) is 32.8 Å². The zero-order valence-corrected chi connectivity index (χ0v) is 14.2. The summed E-state index contributed by atoms with van der Waals surface area (Å²) in [6, 6.07) is 7.69. The topological polar surface area (TPSA) is 81.9 Å². The smallest absolute Gasteiger partial charge is 0.222 e. The van der Waals surface area contributed by atoms with E-state index in [4.69, 9.17) is 9.72 Å². The van der Waals surface area contributed by atoms with Gasteiger partial charge in [0.25, 0.3) is 0 Å². The minimum absolute atomic E-state index is 0.162. The molecule has 3 aromatic rings. The highest BCUT2D eigenvalue weighted by atomic mass is 16.5. The Morgan fingerprint density at radius 2 is 2.16 bits per heavy atom. The van der Waals surface area contributed by atoms with Gasteiger partial charge in [-0.05, 0) is 31.4 Å². The largest absolute Gasteiger partial charge is 0.372 e. The number of amides is 1. The number of methoxy groups -OCH3 is 1. The molecule has 7 heteroatoms. The summed E-state index contributed by atoms with van der Waals surface area (Å²) in [5.74, 6) is 1.05. The van der Waals surface area contributed by atoms with Crippen LogP contribution in [0.1, 0.15) is 31.9 Å². The quantitative estimate of drug-likeness (QED) is 0.791. The molecule has 1 saturated carbocycles. The van der Waals surface area contributed by atoms with E-state index in [1.807, 2.05) is 18.2 Å². The number of aromatic nitrogens is 4. The lowest BCUT2D eigenvalue weighted by atomic mass is 9.77. The van der Waals surface area contributed by atoms with E-state index in [1.54, 1.807) is 30.3 Å². The van der Waals surface area contributed by atoms with Crippen LogP contribution in [0.4, 0.5) is 5.82 Å². The van der Waals surface area contributed by atoms with Gasteiger partial charge in [-0.2, -0.15) is 5.10 Å². The number of anilines is 1. The number of hydrogen-bond donors (Lipinski definition) is 1. The number of carbonyl (C=O) groups excluding carboxylic acids is 1. The number of ether oxygens (including phenoxy) is 1. The molecule has 0 unspecified atom stereocenters. The number of hydrogen-bond acceptors (Lipinski definition) is 5. The van der Waals surface area contributed by atoms with Gasteiger partial charge in [0.15, 0.2) is 5.82 Å². The molecule has 1 fully saturated rings. The fraction of sp³-hybridized carbons (Fsp3) is 0.333. The third-order valence-corrected chi connectivity index (χ3v) is 4.73. The highest BCUT2D eigenvalue weighted by molar-refractivity contribution is 5.90. The maximum atomic E-state index is 11.3. The molecule has 1 aliphatic rings. The summed E-state index contributed by atoms with van der Waals surface area (Å²) in [5, 5.41) is 8.02. The minimum Gasteiger partial charge on any atom is -0.372 e. The van der Waals surface area contributed by atoms with Crippen molar-refractivity contribution in [3.8, 4) is 5.82 Å². The predicted octanol–water partition coefficient (Wildman–Crippen LogP) is 2.80. The van der Waals surface area contributed by atoms with Crippen molar-refractivity contribution in [1.82, 2.24) is 19.7 Å². The molecule has 1 N–H and O–H groups in total. The highest BCUT2D eigenvalue weighted by Gasteiger charge is 2.40. The molecule has 1 aliphatic carbocycles. The van der Waals surface area contributed by atoms with Gasteiger partial charge >= 0.3 is 0 Å². The molecule has 1 amide bonds. The number of nitrogens with zero attached hydrogens (tertiary/aromatic N) is 4. The van der Waals surface area contributed by atoms with Crippen molar-refractivity contribution in [1.29, 1.82) is 0 Å². The summed E-state index contributed by atoms with van der Waals surface area (Å²) >= 11 is 0. The van der Waals surface area contributed by atoms with Crippen molar-refractivity contribution in [3.63, 3.8) is 0 Å². The Morgan fingerprint density at radius 3 is 2.84 bits per heavy atom. The van der Waals surface area contributed by atoms with Crippen molar-refractivity contribution in [3.05, 3.63) is 42.4 Å². The molecule has 3 aromatic heterocycles. The van der Waals surface area contributed by atoms with E-state index in [9.17, 15) is 4.79 Å². The summed E-state index contributed by atoms with van der Waals surface area (Å²) in [6.45, 7) is 1.46. The van der Waals surface area contributed by atoms with Gasteiger partial charge in [0, 0.05) is 31.7 Å². The predicted molar refractivity (Wildman–Crippen MR) is 93.5 cm³/mol. The van der Waals surface area contributed by atoms with Crippen molar-refractivity contribution in [2.75, 3.05) is 12.4 Å². The van der Waals surface area contributed by atoms with Gasteiger partial charge in [-0.1, -0.05) is 6.07 Å². The number of rotatable bonds is 4. The fourth-order valence-electron chi connectivity index (χ4n) is 3.21. The molecule has 0 saturated heterocycles. The summed E-state index contributed by atoms with van der Waals surface area (Å²) < 4.78 is 7.49. The second-order valence-electron chi connectivity index (χ2n) is 6.30. The molecule has 4 rings (SSSR count). The molecule has 128 valence electrons. The summed E-state index contributed by atoms with van der Waals surface area (Å²) in [6.07, 6.45) is 6.54. The molecule has 0 aromatic carbocycles. The minimum atomic E-state index is -0.276. The van der Waals surface area contributed by atoms with Gasteiger partial charge in [-0.25, -0.2) is 14.6 Å². The molecular weight excluding hydrogens is 318 g/mol. The van der Waals surface area contributed by atoms with E-state index in [0.29, 0.717) is 5.82 Å². The van der Waals surface area contributed by atoms with Crippen LogP contribution in [0.15, 0.2) is 36.7 Å². The Balaban J connectivity index is 1.78. The molecule has 25 heavy (non-hydrogen) atoms. The lowest BCUT2D eigenvalue weighted by molar-refractivity contribution is -0.114. The van der Waals surface area contributed by atoms with Crippen molar-refractivity contribution >= 4 is 22.6 Å². The van der Waals surface area contributed by atoms with Crippen LogP contribution in [0, 0.1) is 0 Å². The average molecular weight is 337 g/mol. The molecule has 0 aliphatic heterocycles. The standard InChI is InChI=1S/C18H19N5O2/c1-12(24)21-16-9-14-13(10-19-16)11-20-23(14)17-6-3-5-15(22-17)18(25-2)7-4-8-18/h3,5-6,9-11H,4,7-8H2,1-2H3,(H,19,21,24). The first kappa shape index (κ1) is 15.7. The fourth-order valence-corrected chi connectivity index (χ4v) is 3.21. The first-order valence-electron chi connectivity index (χ1n) is 8.26. The molecule has 0 spiro atoms. The molecule has 3 heterocycles. The molecule has 0 atom stereocenters. The van der Waals surface area contributed by atoms with E-state index in [0.717, 1.165) is 41.7 Å². The van der Waals surface area contributed by atoms with Crippen LogP contribution in [0.25, 0.3) is 16.7 Å². The third-order valence-electron chi connectivity index (χ3n) is 4.73. The Kier molecular flexibility index (Phi) is 3.73. The normalized spacial score (nSPS) is 15.8. The lowest BCUT2D eigenvalue weighted by Gasteiger charge is -2.39. The van der Waals surface area contributed by atoms with Gasteiger partial charge in [-0.3, -0.25) is 4.79 Å². The van der Waals surface area contributed by atoms with Crippen LogP contribution in [0.5, 0.6) is 0 Å². The maximum Gasteiger partial charge on any atom is 0.222 e. The maximum absolute atomic E-state index is 11.3. The zero-order valence-electron chi connectivity index (χ0n) is 14.2. The SMILES string of the molecule is COC1(c2cccc(-n3ncc4cnc(NC(C)=O)cc43)n2)CCC1. The second kappa shape index (κ2) is 5.93. The average Bonchev–Trinajstić information content (AvgIpc) is 2.97. The Morgan fingerprint density at radius 1 is 1.32 bits per heavy atom. The first-order chi connectivity index (χ1) is 12.1. The number of carbonyl (C=O) groups is 1. The monoisotopic (exact) mass is 337 g/mol.